The van der Waals surface area contributed by atoms with Gasteiger partial charge in [0.2, 0.25) is 5.91 Å². The average Bonchev–Trinajstić information content (AvgIpc) is 3.19. The monoisotopic (exact) mass is 297 g/mol. The Labute approximate surface area is 124 Å². The van der Waals surface area contributed by atoms with Crippen molar-refractivity contribution in [1.29, 1.82) is 0 Å². The van der Waals surface area contributed by atoms with E-state index in [9.17, 15) is 9.59 Å². The van der Waals surface area contributed by atoms with Crippen LogP contribution >= 0.6 is 12.4 Å². The smallest absolute Gasteiger partial charge is 0.251 e. The highest BCUT2D eigenvalue weighted by Crippen LogP contribution is 2.18. The van der Waals surface area contributed by atoms with E-state index in [1.54, 1.807) is 24.3 Å². The van der Waals surface area contributed by atoms with Gasteiger partial charge in [-0.05, 0) is 43.5 Å². The van der Waals surface area contributed by atoms with E-state index < -0.39 is 0 Å². The Morgan fingerprint density at radius 3 is 2.45 bits per heavy atom. The highest BCUT2D eigenvalue weighted by atomic mass is 35.5. The van der Waals surface area contributed by atoms with Crippen molar-refractivity contribution in [1.82, 2.24) is 10.6 Å². The Hall–Kier alpha value is -1.75. The quantitative estimate of drug-likeness (QED) is 0.549. The van der Waals surface area contributed by atoms with Gasteiger partial charge < -0.3 is 16.4 Å². The van der Waals surface area contributed by atoms with Crippen LogP contribution in [0.15, 0.2) is 24.3 Å². The first-order valence-electron chi connectivity index (χ1n) is 6.58. The summed E-state index contributed by atoms with van der Waals surface area (Å²) in [5, 5.41) is 5.70. The number of benzene rings is 1. The van der Waals surface area contributed by atoms with Crippen molar-refractivity contribution in [3.05, 3.63) is 29.8 Å². The summed E-state index contributed by atoms with van der Waals surface area (Å²) in [6, 6.07) is 7.15. The molecule has 0 atom stereocenters. The minimum absolute atomic E-state index is 0. The number of anilines is 1. The first-order chi connectivity index (χ1) is 9.15. The lowest BCUT2D eigenvalue weighted by Crippen LogP contribution is -2.28. The van der Waals surface area contributed by atoms with E-state index >= 15 is 0 Å². The molecule has 0 saturated heterocycles. The van der Waals surface area contributed by atoms with Crippen molar-refractivity contribution in [2.24, 2.45) is 0 Å². The number of nitrogens with two attached hydrogens (primary N) is 1. The van der Waals surface area contributed by atoms with Gasteiger partial charge in [-0.2, -0.15) is 0 Å². The second-order valence-corrected chi connectivity index (χ2v) is 4.82. The van der Waals surface area contributed by atoms with Gasteiger partial charge in [-0.15, -0.1) is 12.4 Å². The highest BCUT2D eigenvalue weighted by molar-refractivity contribution is 5.94. The van der Waals surface area contributed by atoms with Gasteiger partial charge in [0.15, 0.2) is 0 Å². The van der Waals surface area contributed by atoms with Gasteiger partial charge in [-0.25, -0.2) is 0 Å². The zero-order valence-electron chi connectivity index (χ0n) is 11.2. The normalized spacial score (nSPS) is 13.2. The van der Waals surface area contributed by atoms with Crippen LogP contribution in [0.1, 0.15) is 36.0 Å². The third-order valence-electron chi connectivity index (χ3n) is 2.98. The van der Waals surface area contributed by atoms with Crippen LogP contribution in [-0.4, -0.2) is 24.4 Å². The van der Waals surface area contributed by atoms with Crippen molar-refractivity contribution in [2.75, 3.05) is 12.3 Å². The molecule has 1 fully saturated rings. The molecule has 0 heterocycles. The summed E-state index contributed by atoms with van der Waals surface area (Å²) < 4.78 is 0. The minimum Gasteiger partial charge on any atom is -0.399 e. The number of hydrogen-bond acceptors (Lipinski definition) is 3. The molecular weight excluding hydrogens is 278 g/mol. The molecule has 0 spiro atoms. The topological polar surface area (TPSA) is 84.2 Å². The molecule has 20 heavy (non-hydrogen) atoms. The Morgan fingerprint density at radius 2 is 1.85 bits per heavy atom. The Kier molecular flexibility index (Phi) is 6.31. The van der Waals surface area contributed by atoms with Gasteiger partial charge >= 0.3 is 0 Å². The van der Waals surface area contributed by atoms with E-state index in [0.29, 0.717) is 36.7 Å². The van der Waals surface area contributed by atoms with E-state index in [1.165, 1.54) is 0 Å². The number of carbonyl (C=O) groups excluding carboxylic acids is 2. The Balaban J connectivity index is 0.00000200. The SMILES string of the molecule is Cl.Nc1ccc(C(=O)NCCCC(=O)NC2CC2)cc1. The van der Waals surface area contributed by atoms with Gasteiger partial charge in [0, 0.05) is 30.3 Å². The molecule has 6 heteroatoms. The van der Waals surface area contributed by atoms with Gasteiger partial charge in [0.05, 0.1) is 0 Å². The van der Waals surface area contributed by atoms with Gasteiger partial charge in [0.1, 0.15) is 0 Å². The number of rotatable bonds is 6. The van der Waals surface area contributed by atoms with Crippen LogP contribution in [0.5, 0.6) is 0 Å². The molecule has 110 valence electrons. The number of nitrogens with one attached hydrogen (secondary N) is 2. The maximum Gasteiger partial charge on any atom is 0.251 e. The zero-order valence-corrected chi connectivity index (χ0v) is 12.0. The molecule has 1 saturated carbocycles. The Bertz CT molecular complexity index is 458. The van der Waals surface area contributed by atoms with E-state index in [0.717, 1.165) is 12.8 Å². The molecule has 2 rings (SSSR count). The summed E-state index contributed by atoms with van der Waals surface area (Å²) in [4.78, 5) is 23.1. The molecule has 0 aromatic heterocycles. The molecule has 0 radical (unpaired) electrons. The van der Waals surface area contributed by atoms with Crippen molar-refractivity contribution in [3.63, 3.8) is 0 Å². The zero-order chi connectivity index (χ0) is 13.7. The third-order valence-corrected chi connectivity index (χ3v) is 2.98. The number of hydrogen-bond donors (Lipinski definition) is 3. The lowest BCUT2D eigenvalue weighted by molar-refractivity contribution is -0.121. The standard InChI is InChI=1S/C14H19N3O2.ClH/c15-11-5-3-10(4-6-11)14(19)16-9-1-2-13(18)17-12-7-8-12;/h3-6,12H,1-2,7-9,15H2,(H,16,19)(H,17,18);1H. The summed E-state index contributed by atoms with van der Waals surface area (Å²) in [7, 11) is 0. The van der Waals surface area contributed by atoms with E-state index in [1.807, 2.05) is 0 Å². The molecule has 0 aliphatic heterocycles. The van der Waals surface area contributed by atoms with Crippen molar-refractivity contribution in [2.45, 2.75) is 31.7 Å². The molecule has 5 nitrogen and oxygen atoms in total. The van der Waals surface area contributed by atoms with Crippen LogP contribution in [0, 0.1) is 0 Å². The third kappa shape index (κ3) is 5.48. The van der Waals surface area contributed by atoms with Crippen LogP contribution in [0.2, 0.25) is 0 Å². The molecular formula is C14H20ClN3O2. The lowest BCUT2D eigenvalue weighted by Gasteiger charge is -2.06. The summed E-state index contributed by atoms with van der Waals surface area (Å²) in [6.07, 6.45) is 3.30. The number of nitrogen functional groups attached to an aromatic ring is 1. The van der Waals surface area contributed by atoms with Gasteiger partial charge in [0.25, 0.3) is 5.91 Å². The van der Waals surface area contributed by atoms with Gasteiger partial charge in [-0.3, -0.25) is 9.59 Å². The molecule has 0 unspecified atom stereocenters. The van der Waals surface area contributed by atoms with Crippen LogP contribution in [-0.2, 0) is 4.79 Å². The van der Waals surface area contributed by atoms with E-state index in [2.05, 4.69) is 10.6 Å². The fraction of sp³-hybridized carbons (Fsp3) is 0.429. The fourth-order valence-electron chi connectivity index (χ4n) is 1.71. The maximum absolute atomic E-state index is 11.7. The lowest BCUT2D eigenvalue weighted by atomic mass is 10.2. The number of carbonyl (C=O) groups is 2. The number of amides is 2. The highest BCUT2D eigenvalue weighted by Gasteiger charge is 2.22. The predicted molar refractivity (Wildman–Crippen MR) is 80.8 cm³/mol. The summed E-state index contributed by atoms with van der Waals surface area (Å²) in [6.45, 7) is 0.501. The largest absolute Gasteiger partial charge is 0.399 e. The molecule has 4 N–H and O–H groups in total. The summed E-state index contributed by atoms with van der Waals surface area (Å²) in [5.41, 5.74) is 6.76. The first-order valence-corrected chi connectivity index (χ1v) is 6.58. The number of halogens is 1. The predicted octanol–water partition coefficient (Wildman–Crippen LogP) is 1.48. The van der Waals surface area contributed by atoms with Crippen LogP contribution < -0.4 is 16.4 Å². The molecule has 2 amide bonds. The van der Waals surface area contributed by atoms with Crippen molar-refractivity contribution in [3.8, 4) is 0 Å². The van der Waals surface area contributed by atoms with Crippen LogP contribution in [0.4, 0.5) is 5.69 Å². The van der Waals surface area contributed by atoms with Crippen molar-refractivity contribution < 1.29 is 9.59 Å². The van der Waals surface area contributed by atoms with E-state index in [-0.39, 0.29) is 24.2 Å². The van der Waals surface area contributed by atoms with E-state index in [4.69, 9.17) is 5.73 Å². The molecule has 1 aliphatic rings. The maximum atomic E-state index is 11.7. The molecule has 1 aromatic rings. The Morgan fingerprint density at radius 1 is 1.20 bits per heavy atom. The molecule has 1 aliphatic carbocycles. The van der Waals surface area contributed by atoms with Crippen molar-refractivity contribution >= 4 is 29.9 Å². The average molecular weight is 298 g/mol. The molecule has 0 bridgehead atoms. The van der Waals surface area contributed by atoms with Crippen LogP contribution in [0.3, 0.4) is 0 Å². The van der Waals surface area contributed by atoms with Crippen LogP contribution in [0.25, 0.3) is 0 Å². The second kappa shape index (κ2) is 7.75. The first kappa shape index (κ1) is 16.3. The van der Waals surface area contributed by atoms with Gasteiger partial charge in [-0.1, -0.05) is 0 Å². The molecule has 1 aromatic carbocycles. The summed E-state index contributed by atoms with van der Waals surface area (Å²) >= 11 is 0. The minimum atomic E-state index is -0.136. The fourth-order valence-corrected chi connectivity index (χ4v) is 1.71. The summed E-state index contributed by atoms with van der Waals surface area (Å²) in [5.74, 6) is -0.0631. The second-order valence-electron chi connectivity index (χ2n) is 4.82.